The Kier molecular flexibility index (Phi) is 6.12. The Morgan fingerprint density at radius 1 is 0.490 bits per heavy atom. The van der Waals surface area contributed by atoms with E-state index in [1.165, 1.54) is 64.4 Å². The van der Waals surface area contributed by atoms with Crippen LogP contribution in [0.5, 0.6) is 0 Å². The molecular formula is C46H32N2S. The minimum atomic E-state index is -0.0780. The van der Waals surface area contributed by atoms with E-state index in [1.807, 2.05) is 11.3 Å². The van der Waals surface area contributed by atoms with Crippen molar-refractivity contribution in [1.29, 1.82) is 0 Å². The SMILES string of the molecule is CC1(C)c2ccccc2N(c2ccc(-c3ccc4c(c3)nc(-c3ccccc3)c3ccc5sc6ccccc6c5c34)cc2)c2ccccc21. The lowest BCUT2D eigenvalue weighted by atomic mass is 9.73. The summed E-state index contributed by atoms with van der Waals surface area (Å²) in [7, 11) is 0. The number of thiophene rings is 1. The molecule has 0 radical (unpaired) electrons. The van der Waals surface area contributed by atoms with Crippen LogP contribution in [-0.4, -0.2) is 4.98 Å². The molecule has 0 amide bonds. The number of nitrogens with zero attached hydrogens (tertiary/aromatic N) is 2. The Labute approximate surface area is 289 Å². The van der Waals surface area contributed by atoms with Gasteiger partial charge in [0.15, 0.2) is 0 Å². The summed E-state index contributed by atoms with van der Waals surface area (Å²) in [6.45, 7) is 4.66. The van der Waals surface area contributed by atoms with E-state index >= 15 is 0 Å². The zero-order valence-electron chi connectivity index (χ0n) is 27.3. The summed E-state index contributed by atoms with van der Waals surface area (Å²) in [5.74, 6) is 0. The highest BCUT2D eigenvalue weighted by Gasteiger charge is 2.36. The second-order valence-electron chi connectivity index (χ2n) is 13.6. The lowest BCUT2D eigenvalue weighted by Gasteiger charge is -2.42. The van der Waals surface area contributed by atoms with Crippen LogP contribution in [0.1, 0.15) is 25.0 Å². The summed E-state index contributed by atoms with van der Waals surface area (Å²) in [6, 6.07) is 57.4. The van der Waals surface area contributed by atoms with Gasteiger partial charge in [-0.25, -0.2) is 4.98 Å². The van der Waals surface area contributed by atoms with Crippen LogP contribution in [0.2, 0.25) is 0 Å². The Hall–Kier alpha value is -5.77. The van der Waals surface area contributed by atoms with E-state index in [4.69, 9.17) is 4.98 Å². The lowest BCUT2D eigenvalue weighted by molar-refractivity contribution is 0.632. The van der Waals surface area contributed by atoms with Crippen molar-refractivity contribution >= 4 is 70.2 Å². The summed E-state index contributed by atoms with van der Waals surface area (Å²) >= 11 is 1.87. The van der Waals surface area contributed by atoms with Gasteiger partial charge in [-0.1, -0.05) is 129 Å². The van der Waals surface area contributed by atoms with Gasteiger partial charge in [-0.15, -0.1) is 11.3 Å². The van der Waals surface area contributed by atoms with E-state index in [0.717, 1.165) is 28.0 Å². The van der Waals surface area contributed by atoms with Gasteiger partial charge in [-0.05, 0) is 64.7 Å². The number of aromatic nitrogens is 1. The molecule has 9 aromatic rings. The Bertz CT molecular complexity index is 2690. The maximum Gasteiger partial charge on any atom is 0.0788 e. The van der Waals surface area contributed by atoms with Crippen LogP contribution in [0.15, 0.2) is 158 Å². The molecule has 0 aliphatic carbocycles. The molecule has 2 nitrogen and oxygen atoms in total. The van der Waals surface area contributed by atoms with Gasteiger partial charge in [0.2, 0.25) is 0 Å². The predicted octanol–water partition coefficient (Wildman–Crippen LogP) is 13.2. The van der Waals surface area contributed by atoms with Crippen LogP contribution in [-0.2, 0) is 5.41 Å². The fourth-order valence-corrected chi connectivity index (χ4v) is 9.17. The minimum Gasteiger partial charge on any atom is -0.310 e. The standard InChI is InChI=1S/C46H32N2S/c1-46(2)36-15-7-9-17-39(36)48(40-18-10-8-16-37(40)46)32-23-20-29(21-24-32)31-22-25-33-38(28-31)47-45(30-12-4-3-5-13-30)35-26-27-42-44(43(33)35)34-14-6-11-19-41(34)49-42/h3-28H,1-2H3. The maximum atomic E-state index is 5.38. The molecule has 10 rings (SSSR count). The van der Waals surface area contributed by atoms with Gasteiger partial charge in [-0.2, -0.15) is 0 Å². The molecule has 1 aliphatic rings. The average molecular weight is 645 g/mol. The normalized spacial score (nSPS) is 13.6. The highest BCUT2D eigenvalue weighted by Crippen LogP contribution is 2.52. The number of benzene rings is 7. The van der Waals surface area contributed by atoms with Gasteiger partial charge in [0.25, 0.3) is 0 Å². The molecule has 49 heavy (non-hydrogen) atoms. The Balaban J connectivity index is 1.14. The second kappa shape index (κ2) is 10.6. The van der Waals surface area contributed by atoms with Gasteiger partial charge < -0.3 is 4.90 Å². The summed E-state index contributed by atoms with van der Waals surface area (Å²) in [5.41, 5.74) is 11.7. The number of hydrogen-bond acceptors (Lipinski definition) is 3. The summed E-state index contributed by atoms with van der Waals surface area (Å²) in [5, 5.41) is 6.30. The van der Waals surface area contributed by atoms with Gasteiger partial charge in [-0.3, -0.25) is 0 Å². The second-order valence-corrected chi connectivity index (χ2v) is 14.6. The molecular weight excluding hydrogens is 613 g/mol. The van der Waals surface area contributed by atoms with Crippen molar-refractivity contribution in [2.24, 2.45) is 0 Å². The molecule has 0 spiro atoms. The Morgan fingerprint density at radius 3 is 1.88 bits per heavy atom. The van der Waals surface area contributed by atoms with Crippen molar-refractivity contribution < 1.29 is 0 Å². The summed E-state index contributed by atoms with van der Waals surface area (Å²) in [6.07, 6.45) is 0. The molecule has 3 heterocycles. The zero-order chi connectivity index (χ0) is 32.7. The van der Waals surface area contributed by atoms with E-state index in [9.17, 15) is 0 Å². The van der Waals surface area contributed by atoms with Crippen LogP contribution in [0.4, 0.5) is 17.1 Å². The van der Waals surface area contributed by atoms with Crippen LogP contribution in [0.25, 0.3) is 64.2 Å². The van der Waals surface area contributed by atoms with Gasteiger partial charge in [0.05, 0.1) is 22.6 Å². The largest absolute Gasteiger partial charge is 0.310 e. The number of pyridine rings is 1. The first-order valence-corrected chi connectivity index (χ1v) is 17.7. The quantitative estimate of drug-likeness (QED) is 0.178. The van der Waals surface area contributed by atoms with E-state index in [0.29, 0.717) is 0 Å². The minimum absolute atomic E-state index is 0.0780. The molecule has 0 unspecified atom stereocenters. The van der Waals surface area contributed by atoms with Gasteiger partial charge in [0.1, 0.15) is 0 Å². The first kappa shape index (κ1) is 28.3. The number of fused-ring (bicyclic) bond motifs is 9. The molecule has 0 bridgehead atoms. The van der Waals surface area contributed by atoms with E-state index in [2.05, 4.69) is 176 Å². The molecule has 3 heteroatoms. The molecule has 0 saturated carbocycles. The smallest absolute Gasteiger partial charge is 0.0788 e. The first-order valence-electron chi connectivity index (χ1n) is 16.9. The fraction of sp³-hybridized carbons (Fsp3) is 0.0652. The number of anilines is 3. The van der Waals surface area contributed by atoms with Crippen molar-refractivity contribution in [2.75, 3.05) is 4.90 Å². The highest BCUT2D eigenvalue weighted by molar-refractivity contribution is 7.26. The zero-order valence-corrected chi connectivity index (χ0v) is 28.1. The maximum absolute atomic E-state index is 5.38. The van der Waals surface area contributed by atoms with Crippen molar-refractivity contribution in [3.05, 3.63) is 169 Å². The van der Waals surface area contributed by atoms with Crippen molar-refractivity contribution in [2.45, 2.75) is 19.3 Å². The third kappa shape index (κ3) is 4.22. The van der Waals surface area contributed by atoms with Crippen LogP contribution in [0.3, 0.4) is 0 Å². The number of hydrogen-bond donors (Lipinski definition) is 0. The summed E-state index contributed by atoms with van der Waals surface area (Å²) in [4.78, 5) is 7.79. The van der Waals surface area contributed by atoms with E-state index in [1.54, 1.807) is 0 Å². The molecule has 0 saturated heterocycles. The van der Waals surface area contributed by atoms with Gasteiger partial charge in [0, 0.05) is 53.0 Å². The lowest BCUT2D eigenvalue weighted by Crippen LogP contribution is -2.30. The van der Waals surface area contributed by atoms with E-state index < -0.39 is 0 Å². The molecule has 2 aromatic heterocycles. The number of para-hydroxylation sites is 2. The highest BCUT2D eigenvalue weighted by atomic mass is 32.1. The molecule has 0 atom stereocenters. The number of rotatable bonds is 3. The van der Waals surface area contributed by atoms with Crippen LogP contribution >= 0.6 is 11.3 Å². The van der Waals surface area contributed by atoms with Crippen LogP contribution < -0.4 is 4.90 Å². The summed E-state index contributed by atoms with van der Waals surface area (Å²) < 4.78 is 2.62. The predicted molar refractivity (Wildman–Crippen MR) is 210 cm³/mol. The first-order chi connectivity index (χ1) is 24.1. The molecule has 1 aliphatic heterocycles. The Morgan fingerprint density at radius 2 is 1.12 bits per heavy atom. The third-order valence-electron chi connectivity index (χ3n) is 10.4. The monoisotopic (exact) mass is 644 g/mol. The molecule has 0 fully saturated rings. The van der Waals surface area contributed by atoms with E-state index in [-0.39, 0.29) is 5.41 Å². The van der Waals surface area contributed by atoms with Crippen molar-refractivity contribution in [3.63, 3.8) is 0 Å². The average Bonchev–Trinajstić information content (AvgIpc) is 3.54. The van der Waals surface area contributed by atoms with Crippen LogP contribution in [0, 0.1) is 0 Å². The molecule has 7 aromatic carbocycles. The molecule has 232 valence electrons. The third-order valence-corrected chi connectivity index (χ3v) is 11.6. The van der Waals surface area contributed by atoms with Crippen molar-refractivity contribution in [3.8, 4) is 22.4 Å². The fourth-order valence-electron chi connectivity index (χ4n) is 8.06. The molecule has 0 N–H and O–H groups in total. The van der Waals surface area contributed by atoms with Crippen molar-refractivity contribution in [1.82, 2.24) is 4.98 Å². The topological polar surface area (TPSA) is 16.1 Å². The van der Waals surface area contributed by atoms with Gasteiger partial charge >= 0.3 is 0 Å².